The monoisotopic (exact) mass is 572 g/mol. The summed E-state index contributed by atoms with van der Waals surface area (Å²) in [6.07, 6.45) is 0.911. The van der Waals surface area contributed by atoms with Crippen molar-refractivity contribution in [2.45, 2.75) is 51.4 Å². The SMILES string of the molecule is CC(C)(C)OC(=O)NC1=N[C@@]2(CO1)c1cc(NC(=O)c3ccc(Br)cn3)ccc1OC(C)(C)C21COC1. The number of aliphatic imine (C=N–C) groups is 1. The van der Waals surface area contributed by atoms with E-state index in [1.165, 1.54) is 0 Å². The predicted molar refractivity (Wildman–Crippen MR) is 139 cm³/mol. The first kappa shape index (κ1) is 25.5. The van der Waals surface area contributed by atoms with Gasteiger partial charge in [-0.3, -0.25) is 4.79 Å². The Kier molecular flexibility index (Phi) is 5.99. The van der Waals surface area contributed by atoms with Crippen LogP contribution in [0.5, 0.6) is 5.75 Å². The smallest absolute Gasteiger partial charge is 0.415 e. The van der Waals surface area contributed by atoms with Gasteiger partial charge in [-0.05, 0) is 80.9 Å². The number of hydrogen-bond acceptors (Lipinski definition) is 8. The van der Waals surface area contributed by atoms with Crippen LogP contribution in [-0.4, -0.2) is 54.0 Å². The summed E-state index contributed by atoms with van der Waals surface area (Å²) < 4.78 is 24.2. The van der Waals surface area contributed by atoms with Gasteiger partial charge in [-0.2, -0.15) is 0 Å². The number of pyridine rings is 1. The van der Waals surface area contributed by atoms with Crippen molar-refractivity contribution in [3.05, 3.63) is 52.3 Å². The Hall–Kier alpha value is -3.18. The number of aromatic nitrogens is 1. The topological polar surface area (TPSA) is 120 Å². The van der Waals surface area contributed by atoms with Gasteiger partial charge in [0.05, 0.1) is 18.6 Å². The molecular weight excluding hydrogens is 544 g/mol. The Morgan fingerprint density at radius 3 is 2.46 bits per heavy atom. The molecule has 5 rings (SSSR count). The number of rotatable bonds is 2. The number of nitrogens with zero attached hydrogens (tertiary/aromatic N) is 2. The molecule has 1 fully saturated rings. The summed E-state index contributed by atoms with van der Waals surface area (Å²) in [5.41, 5.74) is -1.26. The van der Waals surface area contributed by atoms with Crippen molar-refractivity contribution in [1.29, 1.82) is 0 Å². The molecule has 3 aliphatic rings. The number of anilines is 1. The molecule has 0 unspecified atom stereocenters. The minimum absolute atomic E-state index is 0.0673. The predicted octanol–water partition coefficient (Wildman–Crippen LogP) is 4.39. The summed E-state index contributed by atoms with van der Waals surface area (Å²) in [4.78, 5) is 34.4. The van der Waals surface area contributed by atoms with Crippen LogP contribution in [0.2, 0.25) is 0 Å². The molecule has 1 saturated heterocycles. The number of carbonyl (C=O) groups excluding carboxylic acids is 2. The molecule has 2 spiro atoms. The van der Waals surface area contributed by atoms with Crippen molar-refractivity contribution < 1.29 is 28.5 Å². The van der Waals surface area contributed by atoms with Gasteiger partial charge in [0.25, 0.3) is 11.9 Å². The number of alkyl carbamates (subject to hydrolysis) is 1. The van der Waals surface area contributed by atoms with Crippen LogP contribution in [-0.2, 0) is 19.7 Å². The largest absolute Gasteiger partial charge is 0.487 e. The lowest BCUT2D eigenvalue weighted by Gasteiger charge is -2.61. The quantitative estimate of drug-likeness (QED) is 0.547. The minimum Gasteiger partial charge on any atom is -0.487 e. The van der Waals surface area contributed by atoms with Gasteiger partial charge in [-0.15, -0.1) is 0 Å². The van der Waals surface area contributed by atoms with Gasteiger partial charge in [0, 0.05) is 21.9 Å². The number of ether oxygens (including phenoxy) is 4. The molecule has 0 bridgehead atoms. The van der Waals surface area contributed by atoms with Crippen LogP contribution in [0.25, 0.3) is 0 Å². The number of halogens is 1. The third-order valence-electron chi connectivity index (χ3n) is 6.97. The molecular formula is C26H29BrN4O6. The lowest BCUT2D eigenvalue weighted by molar-refractivity contribution is -0.247. The molecule has 0 radical (unpaired) electrons. The fourth-order valence-electron chi connectivity index (χ4n) is 4.99. The fraction of sp³-hybridized carbons (Fsp3) is 0.462. The van der Waals surface area contributed by atoms with E-state index in [4.69, 9.17) is 23.9 Å². The Labute approximate surface area is 223 Å². The molecule has 4 heterocycles. The van der Waals surface area contributed by atoms with Crippen molar-refractivity contribution in [3.8, 4) is 5.75 Å². The van der Waals surface area contributed by atoms with E-state index in [2.05, 4.69) is 31.5 Å². The zero-order chi connectivity index (χ0) is 26.6. The van der Waals surface area contributed by atoms with Crippen LogP contribution in [0.4, 0.5) is 10.5 Å². The Bertz CT molecular complexity index is 1280. The standard InChI is InChI=1S/C26H29BrN4O6/c1-23(2,3)37-22(33)30-21-31-26(14-35-21)17-10-16(29-20(32)18-8-6-15(27)11-28-18)7-9-19(17)36-24(4,5)25(26)12-34-13-25/h6-11H,12-14H2,1-5H3,(H,29,32)(H,30,31,33)/t26-/m0/s1. The van der Waals surface area contributed by atoms with Gasteiger partial charge < -0.3 is 24.3 Å². The van der Waals surface area contributed by atoms with Crippen LogP contribution in [0.3, 0.4) is 0 Å². The van der Waals surface area contributed by atoms with Gasteiger partial charge >= 0.3 is 6.09 Å². The third-order valence-corrected chi connectivity index (χ3v) is 7.44. The molecule has 10 nitrogen and oxygen atoms in total. The first-order valence-electron chi connectivity index (χ1n) is 11.9. The summed E-state index contributed by atoms with van der Waals surface area (Å²) in [6, 6.07) is 8.88. The second-order valence-corrected chi connectivity index (χ2v) is 11.8. The van der Waals surface area contributed by atoms with E-state index < -0.39 is 28.2 Å². The molecule has 3 aliphatic heterocycles. The molecule has 2 amide bonds. The second kappa shape index (κ2) is 8.70. The number of hydrogen-bond donors (Lipinski definition) is 2. The number of carbonyl (C=O) groups is 2. The van der Waals surface area contributed by atoms with E-state index in [-0.39, 0.29) is 24.2 Å². The van der Waals surface area contributed by atoms with Gasteiger partial charge in [0.15, 0.2) is 0 Å². The molecule has 0 saturated carbocycles. The maximum Gasteiger partial charge on any atom is 0.415 e. The normalized spacial score (nSPS) is 22.7. The summed E-state index contributed by atoms with van der Waals surface area (Å²) in [7, 11) is 0. The average Bonchev–Trinajstić information content (AvgIpc) is 3.15. The van der Waals surface area contributed by atoms with Crippen molar-refractivity contribution in [1.82, 2.24) is 10.3 Å². The van der Waals surface area contributed by atoms with Crippen LogP contribution < -0.4 is 15.4 Å². The Balaban J connectivity index is 1.52. The third kappa shape index (κ3) is 4.33. The van der Waals surface area contributed by atoms with E-state index in [9.17, 15) is 9.59 Å². The lowest BCUT2D eigenvalue weighted by Crippen LogP contribution is -2.71. The number of nitrogens with one attached hydrogen (secondary N) is 2. The Morgan fingerprint density at radius 2 is 1.84 bits per heavy atom. The molecule has 1 aromatic carbocycles. The van der Waals surface area contributed by atoms with Crippen LogP contribution >= 0.6 is 15.9 Å². The maximum atomic E-state index is 12.8. The molecule has 0 aliphatic carbocycles. The summed E-state index contributed by atoms with van der Waals surface area (Å²) in [6.45, 7) is 10.3. The van der Waals surface area contributed by atoms with Crippen molar-refractivity contribution >= 4 is 39.6 Å². The van der Waals surface area contributed by atoms with Gasteiger partial charge in [0.2, 0.25) is 0 Å². The fourth-order valence-corrected chi connectivity index (χ4v) is 5.23. The number of amides is 2. The maximum absolute atomic E-state index is 12.8. The highest BCUT2D eigenvalue weighted by Crippen LogP contribution is 2.62. The molecule has 11 heteroatoms. The minimum atomic E-state index is -0.927. The van der Waals surface area contributed by atoms with E-state index >= 15 is 0 Å². The van der Waals surface area contributed by atoms with E-state index in [0.717, 1.165) is 10.0 Å². The molecule has 37 heavy (non-hydrogen) atoms. The van der Waals surface area contributed by atoms with Crippen LogP contribution in [0.1, 0.15) is 50.7 Å². The van der Waals surface area contributed by atoms with Crippen molar-refractivity contribution in [3.63, 3.8) is 0 Å². The summed E-state index contributed by atoms with van der Waals surface area (Å²) in [5.74, 6) is 0.270. The number of benzene rings is 1. The van der Waals surface area contributed by atoms with E-state index in [0.29, 0.717) is 24.7 Å². The zero-order valence-electron chi connectivity index (χ0n) is 21.3. The molecule has 1 aromatic heterocycles. The van der Waals surface area contributed by atoms with Gasteiger partial charge in [-0.25, -0.2) is 20.1 Å². The first-order chi connectivity index (χ1) is 17.3. The zero-order valence-corrected chi connectivity index (χ0v) is 22.9. The van der Waals surface area contributed by atoms with Crippen LogP contribution in [0, 0.1) is 5.41 Å². The lowest BCUT2D eigenvalue weighted by atomic mass is 9.55. The first-order valence-corrected chi connectivity index (χ1v) is 12.7. The van der Waals surface area contributed by atoms with Gasteiger partial charge in [-0.1, -0.05) is 0 Å². The molecule has 2 N–H and O–H groups in total. The van der Waals surface area contributed by atoms with E-state index in [1.807, 2.05) is 26.0 Å². The highest BCUT2D eigenvalue weighted by atomic mass is 79.9. The molecule has 2 aromatic rings. The highest BCUT2D eigenvalue weighted by molar-refractivity contribution is 9.10. The number of amidine groups is 1. The van der Waals surface area contributed by atoms with Crippen molar-refractivity contribution in [2.75, 3.05) is 25.1 Å². The highest BCUT2D eigenvalue weighted by Gasteiger charge is 2.71. The summed E-state index contributed by atoms with van der Waals surface area (Å²) in [5, 5.41) is 5.53. The average molecular weight is 573 g/mol. The van der Waals surface area contributed by atoms with E-state index in [1.54, 1.807) is 45.2 Å². The number of fused-ring (bicyclic) bond motifs is 3. The summed E-state index contributed by atoms with van der Waals surface area (Å²) >= 11 is 3.33. The van der Waals surface area contributed by atoms with Gasteiger partial charge in [0.1, 0.15) is 34.8 Å². The molecule has 1 atom stereocenters. The second-order valence-electron chi connectivity index (χ2n) is 10.9. The Morgan fingerprint density at radius 1 is 1.08 bits per heavy atom. The molecule has 196 valence electrons. The van der Waals surface area contributed by atoms with Crippen molar-refractivity contribution in [2.24, 2.45) is 10.4 Å². The van der Waals surface area contributed by atoms with Crippen LogP contribution in [0.15, 0.2) is 46.0 Å².